The van der Waals surface area contributed by atoms with Crippen molar-refractivity contribution in [2.24, 2.45) is 0 Å². The summed E-state index contributed by atoms with van der Waals surface area (Å²) in [5, 5.41) is 3.93. The Labute approximate surface area is 86.3 Å². The van der Waals surface area contributed by atoms with E-state index in [9.17, 15) is 4.79 Å². The van der Waals surface area contributed by atoms with Crippen molar-refractivity contribution in [1.82, 2.24) is 19.3 Å². The van der Waals surface area contributed by atoms with E-state index in [-0.39, 0.29) is 5.69 Å². The Morgan fingerprint density at radius 2 is 2.33 bits per heavy atom. The Kier molecular flexibility index (Phi) is 2.45. The van der Waals surface area contributed by atoms with Gasteiger partial charge >= 0.3 is 5.69 Å². The Morgan fingerprint density at radius 3 is 3.00 bits per heavy atom. The second-order valence-corrected chi connectivity index (χ2v) is 2.92. The van der Waals surface area contributed by atoms with E-state index in [1.54, 1.807) is 36.8 Å². The van der Waals surface area contributed by atoms with Gasteiger partial charge in [0.1, 0.15) is 6.33 Å². The van der Waals surface area contributed by atoms with Gasteiger partial charge in [-0.3, -0.25) is 4.98 Å². The maximum absolute atomic E-state index is 11.7. The molecule has 0 spiro atoms. The maximum Gasteiger partial charge on any atom is 0.354 e. The molecule has 0 atom stereocenters. The van der Waals surface area contributed by atoms with Gasteiger partial charge in [0.15, 0.2) is 0 Å². The van der Waals surface area contributed by atoms with E-state index in [0.717, 1.165) is 0 Å². The van der Waals surface area contributed by atoms with Crippen LogP contribution in [-0.4, -0.2) is 19.3 Å². The van der Waals surface area contributed by atoms with Gasteiger partial charge in [0.05, 0.1) is 11.9 Å². The van der Waals surface area contributed by atoms with E-state index < -0.39 is 0 Å². The van der Waals surface area contributed by atoms with Gasteiger partial charge in [-0.2, -0.15) is 9.78 Å². The lowest BCUT2D eigenvalue weighted by atomic mass is 10.4. The molecule has 5 heteroatoms. The highest BCUT2D eigenvalue weighted by Gasteiger charge is 2.03. The van der Waals surface area contributed by atoms with Crippen molar-refractivity contribution in [3.05, 3.63) is 47.4 Å². The van der Waals surface area contributed by atoms with E-state index in [1.165, 1.54) is 15.6 Å². The first-order chi connectivity index (χ1) is 7.33. The standard InChI is InChI=1S/C10H10N4O/c1-2-6-14-10(15)13(8-12-14)9-4-3-5-11-7-9/h2-8H,1H3/b6-2-. The molecule has 0 saturated carbocycles. The second kappa shape index (κ2) is 3.91. The third kappa shape index (κ3) is 1.71. The number of hydrogen-bond acceptors (Lipinski definition) is 3. The molecule has 0 unspecified atom stereocenters. The summed E-state index contributed by atoms with van der Waals surface area (Å²) >= 11 is 0. The fourth-order valence-electron chi connectivity index (χ4n) is 1.23. The Morgan fingerprint density at radius 1 is 1.47 bits per heavy atom. The minimum atomic E-state index is -0.207. The molecule has 15 heavy (non-hydrogen) atoms. The highest BCUT2D eigenvalue weighted by atomic mass is 16.2. The molecule has 2 aromatic rings. The van der Waals surface area contributed by atoms with Gasteiger partial charge in [0, 0.05) is 12.4 Å². The summed E-state index contributed by atoms with van der Waals surface area (Å²) < 4.78 is 2.71. The van der Waals surface area contributed by atoms with Crippen LogP contribution in [0.2, 0.25) is 0 Å². The highest BCUT2D eigenvalue weighted by molar-refractivity contribution is 5.28. The van der Waals surface area contributed by atoms with Crippen LogP contribution in [0, 0.1) is 0 Å². The van der Waals surface area contributed by atoms with Gasteiger partial charge in [-0.25, -0.2) is 9.36 Å². The summed E-state index contributed by atoms with van der Waals surface area (Å²) in [6, 6.07) is 3.57. The smallest absolute Gasteiger partial charge is 0.263 e. The van der Waals surface area contributed by atoms with Gasteiger partial charge in [0.25, 0.3) is 0 Å². The topological polar surface area (TPSA) is 52.7 Å². The van der Waals surface area contributed by atoms with Crippen LogP contribution in [0.1, 0.15) is 6.92 Å². The molecule has 0 bridgehead atoms. The first-order valence-electron chi connectivity index (χ1n) is 4.52. The summed E-state index contributed by atoms with van der Waals surface area (Å²) in [7, 11) is 0. The van der Waals surface area contributed by atoms with Gasteiger partial charge < -0.3 is 0 Å². The molecule has 0 saturated heterocycles. The molecule has 2 rings (SSSR count). The van der Waals surface area contributed by atoms with Crippen molar-refractivity contribution in [2.75, 3.05) is 0 Å². The number of allylic oxidation sites excluding steroid dienone is 1. The zero-order chi connectivity index (χ0) is 10.7. The summed E-state index contributed by atoms with van der Waals surface area (Å²) in [4.78, 5) is 15.7. The molecule has 2 aromatic heterocycles. The van der Waals surface area contributed by atoms with Crippen molar-refractivity contribution in [3.8, 4) is 5.69 Å². The van der Waals surface area contributed by atoms with Gasteiger partial charge in [0.2, 0.25) is 0 Å². The second-order valence-electron chi connectivity index (χ2n) is 2.92. The molecule has 0 amide bonds. The summed E-state index contributed by atoms with van der Waals surface area (Å²) in [5.74, 6) is 0. The summed E-state index contributed by atoms with van der Waals surface area (Å²) in [6.07, 6.45) is 8.10. The van der Waals surface area contributed by atoms with Gasteiger partial charge in [-0.05, 0) is 19.1 Å². The molecule has 0 fully saturated rings. The number of pyridine rings is 1. The SMILES string of the molecule is C/C=C\n1ncn(-c2cccnc2)c1=O. The third-order valence-corrected chi connectivity index (χ3v) is 1.91. The summed E-state index contributed by atoms with van der Waals surface area (Å²) in [5.41, 5.74) is 0.499. The first kappa shape index (κ1) is 9.39. The van der Waals surface area contributed by atoms with Crippen LogP contribution in [0.25, 0.3) is 11.9 Å². The van der Waals surface area contributed by atoms with Crippen molar-refractivity contribution < 1.29 is 0 Å². The molecule has 5 nitrogen and oxygen atoms in total. The fourth-order valence-corrected chi connectivity index (χ4v) is 1.23. The average molecular weight is 202 g/mol. The first-order valence-corrected chi connectivity index (χ1v) is 4.52. The molecule has 0 aliphatic rings. The summed E-state index contributed by atoms with van der Waals surface area (Å²) in [6.45, 7) is 1.83. The quantitative estimate of drug-likeness (QED) is 0.727. The minimum absolute atomic E-state index is 0.207. The monoisotopic (exact) mass is 202 g/mol. The minimum Gasteiger partial charge on any atom is -0.263 e. The van der Waals surface area contributed by atoms with Crippen molar-refractivity contribution >= 4 is 6.20 Å². The van der Waals surface area contributed by atoms with Crippen LogP contribution < -0.4 is 5.69 Å². The van der Waals surface area contributed by atoms with Crippen molar-refractivity contribution in [2.45, 2.75) is 6.92 Å². The van der Waals surface area contributed by atoms with Crippen LogP contribution in [-0.2, 0) is 0 Å². The lowest BCUT2D eigenvalue weighted by molar-refractivity contribution is 0.874. The third-order valence-electron chi connectivity index (χ3n) is 1.91. The van der Waals surface area contributed by atoms with Crippen molar-refractivity contribution in [1.29, 1.82) is 0 Å². The number of rotatable bonds is 2. The highest BCUT2D eigenvalue weighted by Crippen LogP contribution is 1.99. The molecule has 2 heterocycles. The largest absolute Gasteiger partial charge is 0.354 e. The molecule has 0 aromatic carbocycles. The van der Waals surface area contributed by atoms with Crippen LogP contribution in [0.3, 0.4) is 0 Å². The predicted molar refractivity (Wildman–Crippen MR) is 56.6 cm³/mol. The molecule has 0 aliphatic carbocycles. The molecule has 0 radical (unpaired) electrons. The average Bonchev–Trinajstić information content (AvgIpc) is 2.63. The lowest BCUT2D eigenvalue weighted by Crippen LogP contribution is -2.20. The maximum atomic E-state index is 11.7. The zero-order valence-electron chi connectivity index (χ0n) is 8.24. The van der Waals surface area contributed by atoms with Crippen LogP contribution in [0.15, 0.2) is 41.7 Å². The lowest BCUT2D eigenvalue weighted by Gasteiger charge is -1.96. The van der Waals surface area contributed by atoms with E-state index in [0.29, 0.717) is 5.69 Å². The number of nitrogens with zero attached hydrogens (tertiary/aromatic N) is 4. The Balaban J connectivity index is 2.52. The molecular formula is C10H10N4O. The molecule has 76 valence electrons. The van der Waals surface area contributed by atoms with E-state index >= 15 is 0 Å². The molecule has 0 N–H and O–H groups in total. The number of aromatic nitrogens is 4. The van der Waals surface area contributed by atoms with Crippen LogP contribution >= 0.6 is 0 Å². The predicted octanol–water partition coefficient (Wildman–Crippen LogP) is 0.920. The molecule has 0 aliphatic heterocycles. The Bertz CT molecular complexity index is 524. The zero-order valence-corrected chi connectivity index (χ0v) is 8.24. The van der Waals surface area contributed by atoms with Crippen LogP contribution in [0.4, 0.5) is 0 Å². The number of hydrogen-bond donors (Lipinski definition) is 0. The normalized spacial score (nSPS) is 11.0. The fraction of sp³-hybridized carbons (Fsp3) is 0.100. The van der Waals surface area contributed by atoms with E-state index in [4.69, 9.17) is 0 Å². The van der Waals surface area contributed by atoms with E-state index in [1.807, 2.05) is 6.92 Å². The van der Waals surface area contributed by atoms with Gasteiger partial charge in [-0.15, -0.1) is 0 Å². The molecular weight excluding hydrogens is 192 g/mol. The Hall–Kier alpha value is -2.17. The van der Waals surface area contributed by atoms with Crippen molar-refractivity contribution in [3.63, 3.8) is 0 Å². The van der Waals surface area contributed by atoms with Crippen LogP contribution in [0.5, 0.6) is 0 Å². The van der Waals surface area contributed by atoms with E-state index in [2.05, 4.69) is 10.1 Å². The van der Waals surface area contributed by atoms with Gasteiger partial charge in [-0.1, -0.05) is 6.08 Å².